The van der Waals surface area contributed by atoms with Crippen LogP contribution in [0.5, 0.6) is 5.75 Å². The highest BCUT2D eigenvalue weighted by atomic mass is 35.5. The first-order chi connectivity index (χ1) is 17.1. The summed E-state index contributed by atoms with van der Waals surface area (Å²) in [5.74, 6) is -3.49. The number of benzene rings is 2. The van der Waals surface area contributed by atoms with E-state index in [4.69, 9.17) is 25.8 Å². The Labute approximate surface area is 221 Å². The molecule has 202 valence electrons. The molecule has 1 heterocycles. The summed E-state index contributed by atoms with van der Waals surface area (Å²) in [6.45, 7) is 9.61. The number of carbonyl (C=O) groups is 2. The summed E-state index contributed by atoms with van der Waals surface area (Å²) in [7, 11) is -3.48. The predicted molar refractivity (Wildman–Crippen MR) is 136 cm³/mol. The summed E-state index contributed by atoms with van der Waals surface area (Å²) in [6, 6.07) is 3.86. The summed E-state index contributed by atoms with van der Waals surface area (Å²) in [6.07, 6.45) is 0. The van der Waals surface area contributed by atoms with Crippen LogP contribution in [0.3, 0.4) is 0 Å². The SMILES string of the molecule is COC(=O)c1cc(Cl)cc2c1S(=O)(=O)N([C@H](C(=O)OC(C)(C)C)C(C)c1c(F)ccc(C)c1C)CCO2. The van der Waals surface area contributed by atoms with E-state index in [0.717, 1.165) is 23.0 Å². The number of hydrogen-bond acceptors (Lipinski definition) is 7. The van der Waals surface area contributed by atoms with Crippen LogP contribution in [0.4, 0.5) is 4.39 Å². The molecule has 0 fully saturated rings. The average Bonchev–Trinajstić information content (AvgIpc) is 2.90. The number of carbonyl (C=O) groups excluding carboxylic acids is 2. The average molecular weight is 556 g/mol. The Kier molecular flexibility index (Phi) is 8.26. The van der Waals surface area contributed by atoms with E-state index in [-0.39, 0.29) is 35.1 Å². The van der Waals surface area contributed by atoms with Gasteiger partial charge in [-0.3, -0.25) is 4.79 Å². The minimum absolute atomic E-state index is 0.0670. The van der Waals surface area contributed by atoms with Crippen LogP contribution in [0, 0.1) is 19.7 Å². The number of sulfonamides is 1. The maximum absolute atomic E-state index is 15.2. The summed E-state index contributed by atoms with van der Waals surface area (Å²) in [5, 5.41) is 0.0670. The predicted octanol–water partition coefficient (Wildman–Crippen LogP) is 4.78. The highest BCUT2D eigenvalue weighted by Crippen LogP contribution is 2.40. The van der Waals surface area contributed by atoms with Crippen LogP contribution < -0.4 is 4.74 Å². The van der Waals surface area contributed by atoms with E-state index in [2.05, 4.69) is 0 Å². The quantitative estimate of drug-likeness (QED) is 0.490. The van der Waals surface area contributed by atoms with Gasteiger partial charge >= 0.3 is 11.9 Å². The third-order valence-electron chi connectivity index (χ3n) is 6.18. The maximum atomic E-state index is 15.2. The summed E-state index contributed by atoms with van der Waals surface area (Å²) < 4.78 is 60.5. The molecule has 2 atom stereocenters. The van der Waals surface area contributed by atoms with Gasteiger partial charge < -0.3 is 14.2 Å². The van der Waals surface area contributed by atoms with Gasteiger partial charge in [-0.15, -0.1) is 0 Å². The Balaban J connectivity index is 2.28. The van der Waals surface area contributed by atoms with Crippen LogP contribution in [-0.2, 0) is 24.3 Å². The lowest BCUT2D eigenvalue weighted by atomic mass is 9.87. The third kappa shape index (κ3) is 5.76. The van der Waals surface area contributed by atoms with Crippen molar-refractivity contribution in [1.82, 2.24) is 4.31 Å². The summed E-state index contributed by atoms with van der Waals surface area (Å²) in [4.78, 5) is 25.7. The highest BCUT2D eigenvalue weighted by Gasteiger charge is 2.46. The molecule has 1 unspecified atom stereocenters. The topological polar surface area (TPSA) is 99.2 Å². The molecule has 2 aromatic carbocycles. The summed E-state index contributed by atoms with van der Waals surface area (Å²) >= 11 is 6.12. The molecule has 0 bridgehead atoms. The molecule has 1 aliphatic rings. The molecule has 0 spiro atoms. The number of fused-ring (bicyclic) bond motifs is 1. The van der Waals surface area contributed by atoms with Gasteiger partial charge in [0.25, 0.3) is 0 Å². The fourth-order valence-corrected chi connectivity index (χ4v) is 6.55. The normalized spacial score (nSPS) is 17.1. The van der Waals surface area contributed by atoms with Gasteiger partial charge in [0.15, 0.2) is 0 Å². The van der Waals surface area contributed by atoms with Gasteiger partial charge in [-0.2, -0.15) is 4.31 Å². The third-order valence-corrected chi connectivity index (χ3v) is 8.36. The number of hydrogen-bond donors (Lipinski definition) is 0. The van der Waals surface area contributed by atoms with Crippen LogP contribution in [0.25, 0.3) is 0 Å². The Morgan fingerprint density at radius 3 is 2.43 bits per heavy atom. The molecule has 0 saturated heterocycles. The van der Waals surface area contributed by atoms with Crippen LogP contribution in [-0.4, -0.2) is 56.6 Å². The number of methoxy groups -OCH3 is 1. The van der Waals surface area contributed by atoms with Gasteiger partial charge in [-0.1, -0.05) is 24.6 Å². The molecular weight excluding hydrogens is 525 g/mol. The zero-order valence-corrected chi connectivity index (χ0v) is 23.4. The number of rotatable bonds is 5. The number of aryl methyl sites for hydroxylation is 1. The molecule has 0 aliphatic carbocycles. The van der Waals surface area contributed by atoms with E-state index in [1.165, 1.54) is 12.1 Å². The van der Waals surface area contributed by atoms with E-state index >= 15 is 4.39 Å². The van der Waals surface area contributed by atoms with E-state index in [1.54, 1.807) is 47.6 Å². The lowest BCUT2D eigenvalue weighted by Gasteiger charge is -2.35. The van der Waals surface area contributed by atoms with Crippen molar-refractivity contribution in [3.63, 3.8) is 0 Å². The fraction of sp³-hybridized carbons (Fsp3) is 0.462. The van der Waals surface area contributed by atoms with Crippen molar-refractivity contribution in [2.45, 2.75) is 64.0 Å². The minimum Gasteiger partial charge on any atom is -0.491 e. The first-order valence-corrected chi connectivity index (χ1v) is 13.5. The smallest absolute Gasteiger partial charge is 0.339 e. The maximum Gasteiger partial charge on any atom is 0.339 e. The van der Waals surface area contributed by atoms with Gasteiger partial charge in [0.2, 0.25) is 10.0 Å². The van der Waals surface area contributed by atoms with E-state index in [0.29, 0.717) is 5.56 Å². The zero-order valence-electron chi connectivity index (χ0n) is 21.8. The van der Waals surface area contributed by atoms with Crippen molar-refractivity contribution < 1.29 is 36.6 Å². The van der Waals surface area contributed by atoms with Gasteiger partial charge in [0.1, 0.15) is 34.7 Å². The number of ether oxygens (including phenoxy) is 3. The Hall–Kier alpha value is -2.69. The van der Waals surface area contributed by atoms with E-state index in [1.807, 2.05) is 0 Å². The second kappa shape index (κ2) is 10.6. The van der Waals surface area contributed by atoms with Crippen molar-refractivity contribution >= 4 is 33.6 Å². The van der Waals surface area contributed by atoms with Crippen molar-refractivity contribution in [3.8, 4) is 5.75 Å². The molecular formula is C26H31ClFNO7S. The van der Waals surface area contributed by atoms with E-state index < -0.39 is 50.2 Å². The zero-order chi connectivity index (χ0) is 27.9. The van der Waals surface area contributed by atoms with Crippen molar-refractivity contribution in [2.75, 3.05) is 20.3 Å². The Bertz CT molecular complexity index is 1340. The molecule has 37 heavy (non-hydrogen) atoms. The van der Waals surface area contributed by atoms with Gasteiger partial charge in [-0.05, 0) is 63.4 Å². The van der Waals surface area contributed by atoms with Gasteiger partial charge in [-0.25, -0.2) is 17.6 Å². The second-order valence-corrected chi connectivity index (χ2v) is 12.2. The number of nitrogens with zero attached hydrogens (tertiary/aromatic N) is 1. The fourth-order valence-electron chi connectivity index (χ4n) is 4.43. The van der Waals surface area contributed by atoms with Crippen LogP contribution >= 0.6 is 11.6 Å². The van der Waals surface area contributed by atoms with Crippen LogP contribution in [0.2, 0.25) is 5.02 Å². The minimum atomic E-state index is -4.58. The van der Waals surface area contributed by atoms with Gasteiger partial charge in [0.05, 0.1) is 12.7 Å². The molecule has 2 aromatic rings. The van der Waals surface area contributed by atoms with E-state index in [9.17, 15) is 18.0 Å². The standard InChI is InChI=1S/C26H31ClFNO7S/c1-14-8-9-19(28)21(15(14)2)16(3)22(25(31)36-26(4,5)6)29-10-11-35-20-13-17(27)12-18(24(30)34-7)23(20)37(29,32)33/h8-9,12-13,16,22H,10-11H2,1-7H3/t16?,22-/m0/s1. The molecule has 0 aromatic heterocycles. The van der Waals surface area contributed by atoms with Gasteiger partial charge in [0, 0.05) is 23.6 Å². The first-order valence-electron chi connectivity index (χ1n) is 11.6. The number of halogens is 2. The van der Waals surface area contributed by atoms with Crippen molar-refractivity contribution in [3.05, 3.63) is 57.4 Å². The lowest BCUT2D eigenvalue weighted by molar-refractivity contribution is -0.160. The Morgan fingerprint density at radius 2 is 1.84 bits per heavy atom. The molecule has 0 amide bonds. The molecule has 0 N–H and O–H groups in total. The second-order valence-electron chi connectivity index (χ2n) is 9.91. The Morgan fingerprint density at radius 1 is 1.19 bits per heavy atom. The largest absolute Gasteiger partial charge is 0.491 e. The molecule has 0 radical (unpaired) electrons. The van der Waals surface area contributed by atoms with Crippen molar-refractivity contribution in [1.29, 1.82) is 0 Å². The molecule has 0 saturated carbocycles. The summed E-state index contributed by atoms with van der Waals surface area (Å²) in [5.41, 5.74) is 0.267. The molecule has 3 rings (SSSR count). The monoisotopic (exact) mass is 555 g/mol. The van der Waals surface area contributed by atoms with Crippen molar-refractivity contribution in [2.24, 2.45) is 0 Å². The molecule has 11 heteroatoms. The van der Waals surface area contributed by atoms with Crippen LogP contribution in [0.15, 0.2) is 29.2 Å². The first kappa shape index (κ1) is 28.9. The highest BCUT2D eigenvalue weighted by molar-refractivity contribution is 7.89. The number of esters is 2. The molecule has 8 nitrogen and oxygen atoms in total. The lowest BCUT2D eigenvalue weighted by Crippen LogP contribution is -2.51. The van der Waals surface area contributed by atoms with Crippen LogP contribution in [0.1, 0.15) is 60.7 Å². The molecule has 1 aliphatic heterocycles.